The van der Waals surface area contributed by atoms with Crippen molar-refractivity contribution in [2.75, 3.05) is 26.2 Å². The molecule has 1 N–H and O–H groups in total. The van der Waals surface area contributed by atoms with Crippen LogP contribution in [0.15, 0.2) is 17.8 Å². The third kappa shape index (κ3) is 3.54. The van der Waals surface area contributed by atoms with Crippen LogP contribution in [0.4, 0.5) is 0 Å². The fourth-order valence-electron chi connectivity index (χ4n) is 2.06. The summed E-state index contributed by atoms with van der Waals surface area (Å²) < 4.78 is 2.08. The molecule has 0 bridgehead atoms. The van der Waals surface area contributed by atoms with E-state index in [4.69, 9.17) is 0 Å². The van der Waals surface area contributed by atoms with E-state index >= 15 is 0 Å². The number of imidazole rings is 1. The Bertz CT molecular complexity index is 434. The Hall–Kier alpha value is -0.910. The Kier molecular flexibility index (Phi) is 5.16. The van der Waals surface area contributed by atoms with Gasteiger partial charge < -0.3 is 10.2 Å². The first kappa shape index (κ1) is 13.5. The van der Waals surface area contributed by atoms with Crippen LogP contribution in [0.25, 0.3) is 4.96 Å². The number of thiazole rings is 1. The molecule has 0 aliphatic rings. The van der Waals surface area contributed by atoms with Gasteiger partial charge in [-0.25, -0.2) is 4.98 Å². The average molecular weight is 266 g/mol. The number of nitrogens with zero attached hydrogens (tertiary/aromatic N) is 3. The Morgan fingerprint density at radius 1 is 1.39 bits per heavy atom. The Balaban J connectivity index is 1.70. The van der Waals surface area contributed by atoms with Crippen LogP contribution in [0, 0.1) is 0 Å². The van der Waals surface area contributed by atoms with Crippen LogP contribution < -0.4 is 5.32 Å². The predicted molar refractivity (Wildman–Crippen MR) is 77.2 cm³/mol. The lowest BCUT2D eigenvalue weighted by molar-refractivity contribution is 0.287. The first-order valence-electron chi connectivity index (χ1n) is 6.67. The molecular formula is C13H22N4S. The van der Waals surface area contributed by atoms with E-state index in [1.165, 1.54) is 13.0 Å². The van der Waals surface area contributed by atoms with Gasteiger partial charge >= 0.3 is 0 Å². The molecule has 0 radical (unpaired) electrons. The molecule has 0 saturated heterocycles. The minimum absolute atomic E-state index is 0.859. The maximum Gasteiger partial charge on any atom is 0.193 e. The highest BCUT2D eigenvalue weighted by Gasteiger charge is 2.03. The van der Waals surface area contributed by atoms with Gasteiger partial charge in [0, 0.05) is 37.4 Å². The maximum absolute atomic E-state index is 4.55. The van der Waals surface area contributed by atoms with Gasteiger partial charge in [0.2, 0.25) is 0 Å². The molecule has 2 aromatic heterocycles. The first-order chi connectivity index (χ1) is 8.83. The van der Waals surface area contributed by atoms with E-state index in [0.29, 0.717) is 0 Å². The number of aromatic nitrogens is 2. The van der Waals surface area contributed by atoms with Gasteiger partial charge in [-0.3, -0.25) is 4.40 Å². The molecule has 0 saturated carbocycles. The summed E-state index contributed by atoms with van der Waals surface area (Å²) in [5, 5.41) is 5.52. The molecule has 0 aliphatic carbocycles. The topological polar surface area (TPSA) is 32.6 Å². The third-order valence-corrected chi connectivity index (χ3v) is 3.81. The summed E-state index contributed by atoms with van der Waals surface area (Å²) in [5.41, 5.74) is 1.13. The molecule has 0 aromatic carbocycles. The lowest BCUT2D eigenvalue weighted by Gasteiger charge is -2.19. The SMILES string of the molecule is CCCN(CC)CCNCc1cn2ccsc2n1. The van der Waals surface area contributed by atoms with Gasteiger partial charge in [0.1, 0.15) is 0 Å². The van der Waals surface area contributed by atoms with Crippen LogP contribution in [-0.2, 0) is 6.54 Å². The Morgan fingerprint density at radius 3 is 3.00 bits per heavy atom. The second kappa shape index (κ2) is 6.87. The van der Waals surface area contributed by atoms with E-state index in [0.717, 1.165) is 36.8 Å². The van der Waals surface area contributed by atoms with E-state index < -0.39 is 0 Å². The standard InChI is InChI=1S/C13H22N4S/c1-3-6-16(4-2)7-5-14-10-12-11-17-8-9-18-13(17)15-12/h8-9,11,14H,3-7,10H2,1-2H3. The number of nitrogens with one attached hydrogen (secondary N) is 1. The molecule has 2 heterocycles. The maximum atomic E-state index is 4.55. The summed E-state index contributed by atoms with van der Waals surface area (Å²) in [4.78, 5) is 8.10. The van der Waals surface area contributed by atoms with Crippen molar-refractivity contribution in [3.63, 3.8) is 0 Å². The minimum Gasteiger partial charge on any atom is -0.310 e. The zero-order valence-electron chi connectivity index (χ0n) is 11.2. The molecule has 0 unspecified atom stereocenters. The van der Waals surface area contributed by atoms with Crippen molar-refractivity contribution in [2.45, 2.75) is 26.8 Å². The Morgan fingerprint density at radius 2 is 2.28 bits per heavy atom. The monoisotopic (exact) mass is 266 g/mol. The molecule has 0 amide bonds. The molecule has 0 atom stereocenters. The average Bonchev–Trinajstić information content (AvgIpc) is 2.93. The van der Waals surface area contributed by atoms with Crippen LogP contribution in [0.2, 0.25) is 0 Å². The molecule has 0 fully saturated rings. The summed E-state index contributed by atoms with van der Waals surface area (Å²) in [5.74, 6) is 0. The summed E-state index contributed by atoms with van der Waals surface area (Å²) in [6.07, 6.45) is 5.38. The fourth-order valence-corrected chi connectivity index (χ4v) is 2.78. The first-order valence-corrected chi connectivity index (χ1v) is 7.55. The lowest BCUT2D eigenvalue weighted by atomic mass is 10.4. The van der Waals surface area contributed by atoms with Crippen molar-refractivity contribution >= 4 is 16.3 Å². The highest BCUT2D eigenvalue weighted by molar-refractivity contribution is 7.15. The van der Waals surface area contributed by atoms with E-state index in [2.05, 4.69) is 51.2 Å². The van der Waals surface area contributed by atoms with Gasteiger partial charge in [-0.05, 0) is 19.5 Å². The van der Waals surface area contributed by atoms with Gasteiger partial charge in [-0.15, -0.1) is 11.3 Å². The summed E-state index contributed by atoms with van der Waals surface area (Å²) in [7, 11) is 0. The summed E-state index contributed by atoms with van der Waals surface area (Å²) in [6.45, 7) is 9.78. The minimum atomic E-state index is 0.859. The summed E-state index contributed by atoms with van der Waals surface area (Å²) in [6, 6.07) is 0. The lowest BCUT2D eigenvalue weighted by Crippen LogP contribution is -2.32. The number of fused-ring (bicyclic) bond motifs is 1. The van der Waals surface area contributed by atoms with E-state index in [9.17, 15) is 0 Å². The molecule has 0 aliphatic heterocycles. The van der Waals surface area contributed by atoms with E-state index in [1.807, 2.05) is 0 Å². The van der Waals surface area contributed by atoms with Crippen LogP contribution >= 0.6 is 11.3 Å². The van der Waals surface area contributed by atoms with Gasteiger partial charge in [-0.2, -0.15) is 0 Å². The molecular weight excluding hydrogens is 244 g/mol. The van der Waals surface area contributed by atoms with Gasteiger partial charge in [0.15, 0.2) is 4.96 Å². The molecule has 2 aromatic rings. The van der Waals surface area contributed by atoms with Crippen molar-refractivity contribution < 1.29 is 0 Å². The number of hydrogen-bond donors (Lipinski definition) is 1. The number of rotatable bonds is 8. The molecule has 5 heteroatoms. The Labute approximate surface area is 113 Å². The van der Waals surface area contributed by atoms with E-state index in [-0.39, 0.29) is 0 Å². The van der Waals surface area contributed by atoms with Crippen LogP contribution in [0.1, 0.15) is 26.0 Å². The van der Waals surface area contributed by atoms with Crippen molar-refractivity contribution in [3.8, 4) is 0 Å². The quantitative estimate of drug-likeness (QED) is 0.744. The van der Waals surface area contributed by atoms with Gasteiger partial charge in [0.25, 0.3) is 0 Å². The largest absolute Gasteiger partial charge is 0.310 e. The van der Waals surface area contributed by atoms with Crippen molar-refractivity contribution in [3.05, 3.63) is 23.5 Å². The van der Waals surface area contributed by atoms with Crippen LogP contribution in [0.3, 0.4) is 0 Å². The molecule has 4 nitrogen and oxygen atoms in total. The van der Waals surface area contributed by atoms with Crippen molar-refractivity contribution in [1.29, 1.82) is 0 Å². The zero-order valence-corrected chi connectivity index (χ0v) is 12.0. The second-order valence-electron chi connectivity index (χ2n) is 4.44. The molecule has 100 valence electrons. The number of likely N-dealkylation sites (N-methyl/N-ethyl adjacent to an activating group) is 1. The van der Waals surface area contributed by atoms with Crippen molar-refractivity contribution in [2.24, 2.45) is 0 Å². The fraction of sp³-hybridized carbons (Fsp3) is 0.615. The molecule has 2 rings (SSSR count). The third-order valence-electron chi connectivity index (χ3n) is 3.04. The second-order valence-corrected chi connectivity index (χ2v) is 5.31. The van der Waals surface area contributed by atoms with Crippen molar-refractivity contribution in [1.82, 2.24) is 19.6 Å². The van der Waals surface area contributed by atoms with Gasteiger partial charge in [0.05, 0.1) is 5.69 Å². The normalized spacial score (nSPS) is 11.7. The smallest absolute Gasteiger partial charge is 0.193 e. The summed E-state index contributed by atoms with van der Waals surface area (Å²) >= 11 is 1.68. The van der Waals surface area contributed by atoms with Crippen LogP contribution in [-0.4, -0.2) is 40.5 Å². The van der Waals surface area contributed by atoms with E-state index in [1.54, 1.807) is 11.3 Å². The predicted octanol–water partition coefficient (Wildman–Crippen LogP) is 2.22. The zero-order chi connectivity index (χ0) is 12.8. The molecule has 18 heavy (non-hydrogen) atoms. The van der Waals surface area contributed by atoms with Gasteiger partial charge in [-0.1, -0.05) is 13.8 Å². The van der Waals surface area contributed by atoms with Crippen LogP contribution in [0.5, 0.6) is 0 Å². The highest BCUT2D eigenvalue weighted by atomic mass is 32.1. The highest BCUT2D eigenvalue weighted by Crippen LogP contribution is 2.10. The molecule has 0 spiro atoms. The number of hydrogen-bond acceptors (Lipinski definition) is 4.